The van der Waals surface area contributed by atoms with E-state index in [0.29, 0.717) is 19.5 Å². The molecule has 0 unspecified atom stereocenters. The SMILES string of the molecule is NCCCCCN1C(=O)CC2(CCCC2)C1=O. The molecule has 2 N–H and O–H groups in total. The van der Waals surface area contributed by atoms with Crippen molar-refractivity contribution < 1.29 is 9.59 Å². The van der Waals surface area contributed by atoms with Crippen LogP contribution in [0, 0.1) is 5.41 Å². The maximum atomic E-state index is 12.3. The van der Waals surface area contributed by atoms with Gasteiger partial charge in [-0.3, -0.25) is 14.5 Å². The number of imide groups is 1. The largest absolute Gasteiger partial charge is 0.330 e. The predicted octanol–water partition coefficient (Wildman–Crippen LogP) is 1.43. The van der Waals surface area contributed by atoms with Gasteiger partial charge in [-0.05, 0) is 32.2 Å². The van der Waals surface area contributed by atoms with Gasteiger partial charge in [-0.1, -0.05) is 19.3 Å². The number of nitrogens with zero attached hydrogens (tertiary/aromatic N) is 1. The van der Waals surface area contributed by atoms with Crippen LogP contribution in [0.15, 0.2) is 0 Å². The zero-order chi connectivity index (χ0) is 12.3. The topological polar surface area (TPSA) is 63.4 Å². The fourth-order valence-corrected chi connectivity index (χ4v) is 3.12. The summed E-state index contributed by atoms with van der Waals surface area (Å²) in [4.78, 5) is 25.7. The third-order valence-electron chi connectivity index (χ3n) is 4.14. The van der Waals surface area contributed by atoms with Gasteiger partial charge < -0.3 is 5.73 Å². The smallest absolute Gasteiger partial charge is 0.235 e. The van der Waals surface area contributed by atoms with E-state index in [4.69, 9.17) is 5.73 Å². The lowest BCUT2D eigenvalue weighted by molar-refractivity contribution is -0.141. The van der Waals surface area contributed by atoms with Crippen LogP contribution in [0.3, 0.4) is 0 Å². The molecule has 0 atom stereocenters. The number of hydrogen-bond acceptors (Lipinski definition) is 3. The molecule has 2 amide bonds. The van der Waals surface area contributed by atoms with Crippen molar-refractivity contribution in [1.82, 2.24) is 4.90 Å². The summed E-state index contributed by atoms with van der Waals surface area (Å²) in [6, 6.07) is 0. The highest BCUT2D eigenvalue weighted by atomic mass is 16.2. The zero-order valence-electron chi connectivity index (χ0n) is 10.4. The second-order valence-corrected chi connectivity index (χ2v) is 5.36. The van der Waals surface area contributed by atoms with E-state index >= 15 is 0 Å². The van der Waals surface area contributed by atoms with Crippen molar-refractivity contribution in [1.29, 1.82) is 0 Å². The Balaban J connectivity index is 1.90. The molecule has 1 saturated heterocycles. The van der Waals surface area contributed by atoms with E-state index in [2.05, 4.69) is 0 Å². The second kappa shape index (κ2) is 5.17. The van der Waals surface area contributed by atoms with Gasteiger partial charge in [-0.15, -0.1) is 0 Å². The lowest BCUT2D eigenvalue weighted by Gasteiger charge is -2.20. The number of hydrogen-bond donors (Lipinski definition) is 1. The summed E-state index contributed by atoms with van der Waals surface area (Å²) in [6.07, 6.45) is 7.35. The molecule has 0 radical (unpaired) electrons. The molecule has 0 bridgehead atoms. The normalized spacial score (nSPS) is 23.0. The summed E-state index contributed by atoms with van der Waals surface area (Å²) >= 11 is 0. The Bertz CT molecular complexity index is 309. The van der Waals surface area contributed by atoms with Crippen molar-refractivity contribution in [2.75, 3.05) is 13.1 Å². The molecular formula is C13H22N2O2. The first kappa shape index (κ1) is 12.6. The summed E-state index contributed by atoms with van der Waals surface area (Å²) in [5, 5.41) is 0. The molecule has 0 aromatic heterocycles. The monoisotopic (exact) mass is 238 g/mol. The van der Waals surface area contributed by atoms with E-state index in [1.54, 1.807) is 0 Å². The summed E-state index contributed by atoms with van der Waals surface area (Å²) < 4.78 is 0. The van der Waals surface area contributed by atoms with Gasteiger partial charge >= 0.3 is 0 Å². The Morgan fingerprint density at radius 2 is 1.82 bits per heavy atom. The molecule has 1 saturated carbocycles. The van der Waals surface area contributed by atoms with Gasteiger partial charge in [0.05, 0.1) is 5.41 Å². The van der Waals surface area contributed by atoms with Gasteiger partial charge in [0.1, 0.15) is 0 Å². The summed E-state index contributed by atoms with van der Waals surface area (Å²) in [6.45, 7) is 1.28. The van der Waals surface area contributed by atoms with Crippen LogP contribution >= 0.6 is 0 Å². The molecule has 17 heavy (non-hydrogen) atoms. The first-order valence-corrected chi connectivity index (χ1v) is 6.74. The Morgan fingerprint density at radius 3 is 2.47 bits per heavy atom. The molecule has 1 aliphatic heterocycles. The third kappa shape index (κ3) is 2.37. The zero-order valence-corrected chi connectivity index (χ0v) is 10.4. The average Bonchev–Trinajstić information content (AvgIpc) is 2.85. The van der Waals surface area contributed by atoms with Gasteiger partial charge in [-0.25, -0.2) is 0 Å². The van der Waals surface area contributed by atoms with Crippen LogP contribution in [0.4, 0.5) is 0 Å². The Kier molecular flexibility index (Phi) is 3.82. The van der Waals surface area contributed by atoms with Gasteiger partial charge in [0.25, 0.3) is 0 Å². The molecule has 0 aromatic rings. The van der Waals surface area contributed by atoms with Gasteiger partial charge in [0.15, 0.2) is 0 Å². The second-order valence-electron chi connectivity index (χ2n) is 5.36. The maximum absolute atomic E-state index is 12.3. The molecule has 4 heteroatoms. The highest BCUT2D eigenvalue weighted by Crippen LogP contribution is 2.46. The van der Waals surface area contributed by atoms with Crippen molar-refractivity contribution >= 4 is 11.8 Å². The van der Waals surface area contributed by atoms with Crippen LogP contribution in [-0.4, -0.2) is 29.8 Å². The van der Waals surface area contributed by atoms with Crippen LogP contribution in [0.5, 0.6) is 0 Å². The quantitative estimate of drug-likeness (QED) is 0.582. The average molecular weight is 238 g/mol. The molecule has 1 heterocycles. The molecule has 1 aliphatic carbocycles. The summed E-state index contributed by atoms with van der Waals surface area (Å²) in [5.41, 5.74) is 5.12. The van der Waals surface area contributed by atoms with E-state index < -0.39 is 0 Å². The highest BCUT2D eigenvalue weighted by Gasteiger charge is 2.52. The minimum atomic E-state index is -0.301. The number of nitrogens with two attached hydrogens (primary N) is 1. The van der Waals surface area contributed by atoms with Crippen molar-refractivity contribution in [3.8, 4) is 0 Å². The Hall–Kier alpha value is -0.900. The third-order valence-corrected chi connectivity index (χ3v) is 4.14. The number of carbonyl (C=O) groups excluding carboxylic acids is 2. The fraction of sp³-hybridized carbons (Fsp3) is 0.846. The van der Waals surface area contributed by atoms with Crippen LogP contribution in [-0.2, 0) is 9.59 Å². The minimum absolute atomic E-state index is 0.0460. The van der Waals surface area contributed by atoms with Gasteiger partial charge in [-0.2, -0.15) is 0 Å². The minimum Gasteiger partial charge on any atom is -0.330 e. The fourth-order valence-electron chi connectivity index (χ4n) is 3.12. The number of unbranched alkanes of at least 4 members (excludes halogenated alkanes) is 2. The number of amides is 2. The van der Waals surface area contributed by atoms with Crippen molar-refractivity contribution in [2.24, 2.45) is 11.1 Å². The first-order chi connectivity index (χ1) is 8.19. The van der Waals surface area contributed by atoms with Crippen LogP contribution in [0.25, 0.3) is 0 Å². The molecule has 0 aromatic carbocycles. The maximum Gasteiger partial charge on any atom is 0.235 e. The number of carbonyl (C=O) groups is 2. The van der Waals surface area contributed by atoms with E-state index in [9.17, 15) is 9.59 Å². The first-order valence-electron chi connectivity index (χ1n) is 6.74. The molecule has 4 nitrogen and oxygen atoms in total. The van der Waals surface area contributed by atoms with Crippen molar-refractivity contribution in [3.63, 3.8) is 0 Å². The molecule has 2 aliphatic rings. The lowest BCUT2D eigenvalue weighted by atomic mass is 9.84. The molecule has 2 rings (SSSR count). The van der Waals surface area contributed by atoms with E-state index in [0.717, 1.165) is 44.9 Å². The lowest BCUT2D eigenvalue weighted by Crippen LogP contribution is -2.35. The molecular weight excluding hydrogens is 216 g/mol. The van der Waals surface area contributed by atoms with E-state index in [1.807, 2.05) is 0 Å². The van der Waals surface area contributed by atoms with Crippen molar-refractivity contribution in [3.05, 3.63) is 0 Å². The highest BCUT2D eigenvalue weighted by molar-refractivity contribution is 6.06. The van der Waals surface area contributed by atoms with E-state index in [-0.39, 0.29) is 17.2 Å². The Morgan fingerprint density at radius 1 is 1.12 bits per heavy atom. The summed E-state index contributed by atoms with van der Waals surface area (Å²) in [5.74, 6) is 0.150. The predicted molar refractivity (Wildman–Crippen MR) is 65.1 cm³/mol. The van der Waals surface area contributed by atoms with E-state index in [1.165, 1.54) is 4.90 Å². The van der Waals surface area contributed by atoms with Crippen LogP contribution < -0.4 is 5.73 Å². The molecule has 1 spiro atoms. The molecule has 96 valence electrons. The van der Waals surface area contributed by atoms with Crippen LogP contribution in [0.2, 0.25) is 0 Å². The van der Waals surface area contributed by atoms with Gasteiger partial charge in [0.2, 0.25) is 11.8 Å². The number of rotatable bonds is 5. The Labute approximate surface area is 103 Å². The van der Waals surface area contributed by atoms with Crippen LogP contribution in [0.1, 0.15) is 51.4 Å². The standard InChI is InChI=1S/C13H22N2O2/c14-8-4-1-5-9-15-11(16)10-13(12(15)17)6-2-3-7-13/h1-10,14H2. The van der Waals surface area contributed by atoms with Crippen molar-refractivity contribution in [2.45, 2.75) is 51.4 Å². The number of likely N-dealkylation sites (tertiary alicyclic amines) is 1. The van der Waals surface area contributed by atoms with Gasteiger partial charge in [0, 0.05) is 13.0 Å². The molecule has 2 fully saturated rings. The summed E-state index contributed by atoms with van der Waals surface area (Å²) in [7, 11) is 0.